The molecule has 0 N–H and O–H groups in total. The van der Waals surface area contributed by atoms with Crippen LogP contribution in [-0.2, 0) is 14.8 Å². The topological polar surface area (TPSA) is 46.6 Å². The molecule has 0 spiro atoms. The van der Waals surface area contributed by atoms with E-state index in [0.29, 0.717) is 6.54 Å². The molecule has 140 valence electrons. The van der Waals surface area contributed by atoms with Crippen molar-refractivity contribution in [1.29, 1.82) is 0 Å². The van der Waals surface area contributed by atoms with Crippen molar-refractivity contribution in [2.45, 2.75) is 72.6 Å². The molecule has 0 aliphatic heterocycles. The van der Waals surface area contributed by atoms with Gasteiger partial charge in [0, 0.05) is 12.1 Å². The molecule has 0 fully saturated rings. The van der Waals surface area contributed by atoms with Crippen molar-refractivity contribution in [2.75, 3.05) is 24.8 Å². The predicted octanol–water partition coefficient (Wildman–Crippen LogP) is 3.59. The van der Waals surface area contributed by atoms with Crippen LogP contribution in [0.15, 0.2) is 0 Å². The quantitative estimate of drug-likeness (QED) is 0.616. The minimum absolute atomic E-state index is 0.0221. The number of sulfonamides is 1. The Labute approximate surface area is 147 Å². The Morgan fingerprint density at radius 2 is 1.65 bits per heavy atom. The Bertz CT molecular complexity index is 487. The first kappa shape index (κ1) is 23.1. The first-order valence-electron chi connectivity index (χ1n) is 8.10. The number of hydrogen-bond donors (Lipinski definition) is 0. The van der Waals surface area contributed by atoms with E-state index >= 15 is 0 Å². The normalized spacial score (nSPS) is 18.0. The summed E-state index contributed by atoms with van der Waals surface area (Å²) >= 11 is 0. The van der Waals surface area contributed by atoms with Crippen molar-refractivity contribution in [3.05, 3.63) is 0 Å². The molecule has 0 aromatic heterocycles. The molecule has 0 amide bonds. The Balaban J connectivity index is 5.30. The van der Waals surface area contributed by atoms with Gasteiger partial charge in [-0.15, -0.1) is 0 Å². The smallest absolute Gasteiger partial charge is 0.211 e. The van der Waals surface area contributed by atoms with Gasteiger partial charge < -0.3 is 4.74 Å². The Morgan fingerprint density at radius 3 is 1.96 bits per heavy atom. The van der Waals surface area contributed by atoms with E-state index in [-0.39, 0.29) is 28.1 Å². The molecule has 0 aromatic rings. The van der Waals surface area contributed by atoms with Crippen molar-refractivity contribution in [2.24, 2.45) is 5.41 Å². The number of hydrogen-bond acceptors (Lipinski definition) is 3. The number of ether oxygens (including phenoxy) is 1. The van der Waals surface area contributed by atoms with Crippen LogP contribution in [-0.4, -0.2) is 61.1 Å². The summed E-state index contributed by atoms with van der Waals surface area (Å²) in [7, 11) is -3.21. The molecule has 0 saturated carbocycles. The van der Waals surface area contributed by atoms with E-state index in [0.717, 1.165) is 12.2 Å². The highest BCUT2D eigenvalue weighted by atomic mass is 32.2. The van der Waals surface area contributed by atoms with Gasteiger partial charge in [0.1, 0.15) is 0 Å². The molecule has 3 atom stereocenters. The van der Waals surface area contributed by atoms with E-state index in [9.17, 15) is 8.42 Å². The van der Waals surface area contributed by atoms with E-state index in [4.69, 9.17) is 4.74 Å². The molecule has 0 aromatic carbocycles. The average Bonchev–Trinajstić information content (AvgIpc) is 2.27. The van der Waals surface area contributed by atoms with Crippen molar-refractivity contribution in [1.82, 2.24) is 4.31 Å². The Kier molecular flexibility index (Phi) is 8.49. The first-order chi connectivity index (χ1) is 10.0. The summed E-state index contributed by atoms with van der Waals surface area (Å²) in [5, 5.41) is 0. The van der Waals surface area contributed by atoms with Crippen LogP contribution in [0.5, 0.6) is 0 Å². The second-order valence-corrected chi connectivity index (χ2v) is 12.4. The lowest BCUT2D eigenvalue weighted by Crippen LogP contribution is -2.50. The molecule has 0 rings (SSSR count). The lowest BCUT2D eigenvalue weighted by molar-refractivity contribution is -0.0656. The molecule has 23 heavy (non-hydrogen) atoms. The van der Waals surface area contributed by atoms with Crippen molar-refractivity contribution < 1.29 is 13.2 Å². The Morgan fingerprint density at radius 1 is 1.17 bits per heavy atom. The summed E-state index contributed by atoms with van der Waals surface area (Å²) < 4.78 is 32.2. The average molecular weight is 368 g/mol. The summed E-state index contributed by atoms with van der Waals surface area (Å²) in [6, 6.07) is 0. The molecular formula is C17H37NO3S2. The van der Waals surface area contributed by atoms with Gasteiger partial charge in [0.15, 0.2) is 0 Å². The third-order valence-corrected chi connectivity index (χ3v) is 6.35. The number of rotatable bonds is 8. The minimum Gasteiger partial charge on any atom is -0.373 e. The summed E-state index contributed by atoms with van der Waals surface area (Å²) in [6.45, 7) is 14.6. The molecule has 0 aliphatic rings. The largest absolute Gasteiger partial charge is 0.373 e. The van der Waals surface area contributed by atoms with Gasteiger partial charge in [-0.1, -0.05) is 26.6 Å². The van der Waals surface area contributed by atoms with Crippen LogP contribution in [0.4, 0.5) is 0 Å². The molecule has 0 radical (unpaired) electrons. The zero-order valence-corrected chi connectivity index (χ0v) is 18.1. The fourth-order valence-corrected chi connectivity index (χ4v) is 4.22. The van der Waals surface area contributed by atoms with Gasteiger partial charge in [-0.25, -0.2) is 8.42 Å². The van der Waals surface area contributed by atoms with Crippen LogP contribution in [0.2, 0.25) is 0 Å². The summed E-state index contributed by atoms with van der Waals surface area (Å²) in [5.41, 5.74) is -0.438. The lowest BCUT2D eigenvalue weighted by Gasteiger charge is -2.38. The van der Waals surface area contributed by atoms with E-state index < -0.39 is 15.6 Å². The molecule has 0 saturated heterocycles. The van der Waals surface area contributed by atoms with Crippen LogP contribution in [0, 0.1) is 5.41 Å². The van der Waals surface area contributed by atoms with Crippen LogP contribution >= 0.6 is 10.5 Å². The van der Waals surface area contributed by atoms with Gasteiger partial charge in [-0.3, -0.25) is 0 Å². The van der Waals surface area contributed by atoms with Gasteiger partial charge in [0.25, 0.3) is 0 Å². The Hall–Kier alpha value is 0.0900. The predicted molar refractivity (Wildman–Crippen MR) is 105 cm³/mol. The van der Waals surface area contributed by atoms with Crippen LogP contribution in [0.3, 0.4) is 0 Å². The fourth-order valence-electron chi connectivity index (χ4n) is 2.12. The molecule has 0 bridgehead atoms. The minimum atomic E-state index is -3.29. The second-order valence-electron chi connectivity index (χ2n) is 8.51. The highest BCUT2D eigenvalue weighted by molar-refractivity contribution is 8.13. The van der Waals surface area contributed by atoms with E-state index in [1.807, 2.05) is 20.8 Å². The zero-order chi connectivity index (χ0) is 18.6. The van der Waals surface area contributed by atoms with Gasteiger partial charge in [-0.05, 0) is 51.5 Å². The maximum absolute atomic E-state index is 12.2. The summed E-state index contributed by atoms with van der Waals surface area (Å²) in [4.78, 5) is 0. The molecular weight excluding hydrogens is 330 g/mol. The van der Waals surface area contributed by atoms with Gasteiger partial charge in [0.05, 0.1) is 18.5 Å². The molecule has 0 aliphatic carbocycles. The van der Waals surface area contributed by atoms with Crippen molar-refractivity contribution >= 4 is 26.4 Å². The summed E-state index contributed by atoms with van der Waals surface area (Å²) in [6.07, 6.45) is 4.13. The SMILES string of the molecule is C=S(C)CCC(CN(C(C)(C)C)S(C)(=O)=O)OC(C)C(C)(C)C. The van der Waals surface area contributed by atoms with Crippen LogP contribution < -0.4 is 0 Å². The lowest BCUT2D eigenvalue weighted by atomic mass is 9.90. The second kappa shape index (κ2) is 8.45. The highest BCUT2D eigenvalue weighted by Gasteiger charge is 2.33. The van der Waals surface area contributed by atoms with Crippen molar-refractivity contribution in [3.63, 3.8) is 0 Å². The zero-order valence-electron chi connectivity index (χ0n) is 16.5. The molecule has 3 unspecified atom stereocenters. The monoisotopic (exact) mass is 367 g/mol. The number of nitrogens with zero attached hydrogens (tertiary/aromatic N) is 1. The van der Waals surface area contributed by atoms with Crippen LogP contribution in [0.1, 0.15) is 54.9 Å². The maximum atomic E-state index is 12.2. The van der Waals surface area contributed by atoms with Crippen molar-refractivity contribution in [3.8, 4) is 0 Å². The third kappa shape index (κ3) is 9.22. The first-order valence-corrected chi connectivity index (χ1v) is 11.9. The van der Waals surface area contributed by atoms with E-state index in [1.54, 1.807) is 4.31 Å². The van der Waals surface area contributed by atoms with Gasteiger partial charge >= 0.3 is 0 Å². The molecule has 6 heteroatoms. The third-order valence-electron chi connectivity index (χ3n) is 3.92. The van der Waals surface area contributed by atoms with Gasteiger partial charge in [-0.2, -0.15) is 14.8 Å². The van der Waals surface area contributed by atoms with Crippen LogP contribution in [0.25, 0.3) is 0 Å². The van der Waals surface area contributed by atoms with E-state index in [2.05, 4.69) is 39.8 Å². The molecule has 0 heterocycles. The molecule has 4 nitrogen and oxygen atoms in total. The van der Waals surface area contributed by atoms with Gasteiger partial charge in [0.2, 0.25) is 10.0 Å². The van der Waals surface area contributed by atoms with E-state index in [1.165, 1.54) is 6.26 Å². The highest BCUT2D eigenvalue weighted by Crippen LogP contribution is 2.26. The summed E-state index contributed by atoms with van der Waals surface area (Å²) in [5.74, 6) is 5.00. The fraction of sp³-hybridized carbons (Fsp3) is 0.941. The standard InChI is InChI=1S/C17H37NO3S2/c1-14(16(2,3)4)21-15(11-12-22(8)9)13-18(17(5,6)7)23(10,19)20/h14-15H,8,11-13H2,1-7,9-10H3. The maximum Gasteiger partial charge on any atom is 0.211 e.